The van der Waals surface area contributed by atoms with E-state index in [0.717, 1.165) is 28.6 Å². The summed E-state index contributed by atoms with van der Waals surface area (Å²) in [7, 11) is 0. The zero-order valence-corrected chi connectivity index (χ0v) is 18.0. The van der Waals surface area contributed by atoms with Crippen molar-refractivity contribution < 1.29 is 19.0 Å². The van der Waals surface area contributed by atoms with Gasteiger partial charge in [-0.2, -0.15) is 0 Å². The average Bonchev–Trinajstić information content (AvgIpc) is 3.44. The number of fused-ring (bicyclic) bond motifs is 2. The molecule has 8 heteroatoms. The smallest absolute Gasteiger partial charge is 0.273 e. The number of aromatic nitrogens is 1. The monoisotopic (exact) mass is 444 g/mol. The second-order valence-electron chi connectivity index (χ2n) is 7.49. The molecule has 1 amide bonds. The molecule has 1 aromatic heterocycles. The van der Waals surface area contributed by atoms with E-state index < -0.39 is 6.10 Å². The van der Waals surface area contributed by atoms with Crippen LogP contribution in [0.4, 0.5) is 5.13 Å². The summed E-state index contributed by atoms with van der Waals surface area (Å²) in [5.74, 6) is 1.03. The van der Waals surface area contributed by atoms with Gasteiger partial charge in [0.15, 0.2) is 16.6 Å². The molecule has 1 fully saturated rings. The highest BCUT2D eigenvalue weighted by atomic mass is 35.5. The fourth-order valence-corrected chi connectivity index (χ4v) is 5.11. The summed E-state index contributed by atoms with van der Waals surface area (Å²) in [4.78, 5) is 20.0. The lowest BCUT2D eigenvalue weighted by Gasteiger charge is -2.30. The molecule has 0 N–H and O–H groups in total. The standard InChI is InChI=1S/C22H21ClN2O4S/c1-13-8-9-15(23)20-19(13)24-22(30-20)25(11-14-5-4-10-27-14)21(26)18-12-28-16-6-2-3-7-17(16)29-18/h2-3,6-9,14,18H,4-5,10-12H2,1H3. The summed E-state index contributed by atoms with van der Waals surface area (Å²) in [6.07, 6.45) is 1.15. The lowest BCUT2D eigenvalue weighted by Crippen LogP contribution is -2.48. The third-order valence-electron chi connectivity index (χ3n) is 5.38. The molecule has 2 unspecified atom stereocenters. The number of hydrogen-bond donors (Lipinski definition) is 0. The summed E-state index contributed by atoms with van der Waals surface area (Å²) < 4.78 is 18.4. The molecule has 6 nitrogen and oxygen atoms in total. The van der Waals surface area contributed by atoms with Gasteiger partial charge in [-0.05, 0) is 43.5 Å². The molecule has 2 aliphatic heterocycles. The normalized spacial score (nSPS) is 20.5. The fourth-order valence-electron chi connectivity index (χ4n) is 3.78. The third kappa shape index (κ3) is 3.62. The van der Waals surface area contributed by atoms with E-state index in [4.69, 9.17) is 30.8 Å². The fraction of sp³-hybridized carbons (Fsp3) is 0.364. The van der Waals surface area contributed by atoms with Crippen LogP contribution in [-0.2, 0) is 9.53 Å². The largest absolute Gasteiger partial charge is 0.485 e. The Balaban J connectivity index is 1.48. The number of para-hydroxylation sites is 2. The van der Waals surface area contributed by atoms with E-state index in [1.165, 1.54) is 11.3 Å². The molecule has 0 saturated carbocycles. The zero-order chi connectivity index (χ0) is 20.7. The van der Waals surface area contributed by atoms with Crippen LogP contribution in [0.25, 0.3) is 10.2 Å². The second kappa shape index (κ2) is 8.06. The van der Waals surface area contributed by atoms with Crippen LogP contribution in [0.1, 0.15) is 18.4 Å². The van der Waals surface area contributed by atoms with E-state index in [9.17, 15) is 4.79 Å². The van der Waals surface area contributed by atoms with Gasteiger partial charge in [0, 0.05) is 6.61 Å². The molecule has 0 spiro atoms. The molecule has 2 aliphatic rings. The molecule has 0 radical (unpaired) electrons. The Morgan fingerprint density at radius 2 is 2.10 bits per heavy atom. The molecule has 5 rings (SSSR count). The van der Waals surface area contributed by atoms with Crippen molar-refractivity contribution >= 4 is 44.2 Å². The van der Waals surface area contributed by atoms with Gasteiger partial charge in [-0.15, -0.1) is 0 Å². The van der Waals surface area contributed by atoms with E-state index in [-0.39, 0.29) is 18.6 Å². The van der Waals surface area contributed by atoms with Gasteiger partial charge in [-0.1, -0.05) is 41.1 Å². The van der Waals surface area contributed by atoms with Crippen LogP contribution in [0.5, 0.6) is 11.5 Å². The number of ether oxygens (including phenoxy) is 3. The minimum atomic E-state index is -0.745. The number of amides is 1. The summed E-state index contributed by atoms with van der Waals surface area (Å²) >= 11 is 7.82. The van der Waals surface area contributed by atoms with Crippen molar-refractivity contribution in [2.45, 2.75) is 32.0 Å². The molecule has 30 heavy (non-hydrogen) atoms. The molecule has 0 aliphatic carbocycles. The Labute approximate surface area is 183 Å². The van der Waals surface area contributed by atoms with Crippen LogP contribution in [0, 0.1) is 6.92 Å². The highest BCUT2D eigenvalue weighted by Crippen LogP contribution is 2.37. The van der Waals surface area contributed by atoms with Crippen molar-refractivity contribution in [3.8, 4) is 11.5 Å². The molecular weight excluding hydrogens is 424 g/mol. The van der Waals surface area contributed by atoms with Gasteiger partial charge in [0.1, 0.15) is 6.61 Å². The minimum Gasteiger partial charge on any atom is -0.485 e. The van der Waals surface area contributed by atoms with Crippen molar-refractivity contribution in [1.29, 1.82) is 0 Å². The van der Waals surface area contributed by atoms with Crippen LogP contribution in [0.2, 0.25) is 5.02 Å². The Kier molecular flexibility index (Phi) is 5.26. The molecule has 3 aromatic rings. The molecule has 156 valence electrons. The Bertz CT molecular complexity index is 1060. The van der Waals surface area contributed by atoms with Crippen LogP contribution in [-0.4, -0.2) is 42.9 Å². The Morgan fingerprint density at radius 1 is 1.27 bits per heavy atom. The number of benzene rings is 2. The lowest BCUT2D eigenvalue weighted by molar-refractivity contribution is -0.128. The maximum Gasteiger partial charge on any atom is 0.273 e. The van der Waals surface area contributed by atoms with E-state index in [0.29, 0.717) is 34.8 Å². The van der Waals surface area contributed by atoms with E-state index in [2.05, 4.69) is 0 Å². The van der Waals surface area contributed by atoms with E-state index in [1.807, 2.05) is 37.3 Å². The first-order valence-electron chi connectivity index (χ1n) is 9.97. The van der Waals surface area contributed by atoms with E-state index in [1.54, 1.807) is 11.0 Å². The van der Waals surface area contributed by atoms with Crippen LogP contribution < -0.4 is 14.4 Å². The summed E-state index contributed by atoms with van der Waals surface area (Å²) in [5.41, 5.74) is 1.84. The molecule has 2 aromatic carbocycles. The van der Waals surface area contributed by atoms with Gasteiger partial charge >= 0.3 is 0 Å². The quantitative estimate of drug-likeness (QED) is 0.588. The lowest BCUT2D eigenvalue weighted by atomic mass is 10.2. The summed E-state index contributed by atoms with van der Waals surface area (Å²) in [5, 5.41) is 1.24. The molecular formula is C22H21ClN2O4S. The topological polar surface area (TPSA) is 60.9 Å². The van der Waals surface area contributed by atoms with Gasteiger partial charge in [-0.25, -0.2) is 4.98 Å². The van der Waals surface area contributed by atoms with Gasteiger partial charge in [0.05, 0.1) is 27.9 Å². The highest BCUT2D eigenvalue weighted by molar-refractivity contribution is 7.23. The molecule has 0 bridgehead atoms. The van der Waals surface area contributed by atoms with Gasteiger partial charge in [-0.3, -0.25) is 9.69 Å². The predicted molar refractivity (Wildman–Crippen MR) is 117 cm³/mol. The van der Waals surface area contributed by atoms with Crippen molar-refractivity contribution in [2.24, 2.45) is 0 Å². The number of hydrogen-bond acceptors (Lipinski definition) is 6. The van der Waals surface area contributed by atoms with Gasteiger partial charge in [0.25, 0.3) is 5.91 Å². The number of carbonyl (C=O) groups excluding carboxylic acids is 1. The Morgan fingerprint density at radius 3 is 2.87 bits per heavy atom. The number of thiazole rings is 1. The number of carbonyl (C=O) groups is 1. The first kappa shape index (κ1) is 19.6. The van der Waals surface area contributed by atoms with Crippen molar-refractivity contribution in [3.63, 3.8) is 0 Å². The van der Waals surface area contributed by atoms with E-state index >= 15 is 0 Å². The number of rotatable bonds is 4. The number of nitrogens with zero attached hydrogens (tertiary/aromatic N) is 2. The minimum absolute atomic E-state index is 0.0191. The SMILES string of the molecule is Cc1ccc(Cl)c2sc(N(CC3CCCO3)C(=O)C3COc4ccccc4O3)nc12. The van der Waals surface area contributed by atoms with Crippen molar-refractivity contribution in [3.05, 3.63) is 47.0 Å². The van der Waals surface area contributed by atoms with Crippen molar-refractivity contribution in [1.82, 2.24) is 4.98 Å². The molecule has 1 saturated heterocycles. The van der Waals surface area contributed by atoms with Crippen LogP contribution in [0.15, 0.2) is 36.4 Å². The Hall–Kier alpha value is -2.35. The number of aryl methyl sites for hydroxylation is 1. The number of anilines is 1. The second-order valence-corrected chi connectivity index (χ2v) is 8.87. The van der Waals surface area contributed by atoms with Crippen LogP contribution >= 0.6 is 22.9 Å². The third-order valence-corrected chi connectivity index (χ3v) is 6.92. The highest BCUT2D eigenvalue weighted by Gasteiger charge is 2.35. The molecule has 3 heterocycles. The number of halogens is 1. The van der Waals surface area contributed by atoms with Crippen LogP contribution in [0.3, 0.4) is 0 Å². The van der Waals surface area contributed by atoms with Gasteiger partial charge in [0.2, 0.25) is 6.10 Å². The predicted octanol–water partition coefficient (Wildman–Crippen LogP) is 4.61. The average molecular weight is 445 g/mol. The summed E-state index contributed by atoms with van der Waals surface area (Å²) in [6.45, 7) is 3.29. The zero-order valence-electron chi connectivity index (χ0n) is 16.5. The maximum atomic E-state index is 13.5. The molecule has 2 atom stereocenters. The first-order chi connectivity index (χ1) is 14.6. The first-order valence-corrected chi connectivity index (χ1v) is 11.2. The maximum absolute atomic E-state index is 13.5. The summed E-state index contributed by atoms with van der Waals surface area (Å²) in [6, 6.07) is 11.2. The van der Waals surface area contributed by atoms with Gasteiger partial charge < -0.3 is 14.2 Å². The van der Waals surface area contributed by atoms with Crippen molar-refractivity contribution in [2.75, 3.05) is 24.7 Å².